The molecule has 1 aromatic carbocycles. The van der Waals surface area contributed by atoms with E-state index in [0.717, 1.165) is 24.2 Å². The van der Waals surface area contributed by atoms with Gasteiger partial charge in [-0.1, -0.05) is 13.0 Å². The van der Waals surface area contributed by atoms with Gasteiger partial charge in [-0.05, 0) is 48.9 Å². The average Bonchev–Trinajstić information content (AvgIpc) is 3.23. The molecule has 5 heteroatoms. The minimum absolute atomic E-state index is 0.0150. The van der Waals surface area contributed by atoms with Crippen LogP contribution in [0.1, 0.15) is 42.5 Å². The van der Waals surface area contributed by atoms with Crippen LogP contribution in [0, 0.1) is 0 Å². The van der Waals surface area contributed by atoms with Crippen LogP contribution >= 0.6 is 0 Å². The molecule has 0 unspecified atom stereocenters. The van der Waals surface area contributed by atoms with Gasteiger partial charge in [0.1, 0.15) is 11.8 Å². The van der Waals surface area contributed by atoms with Gasteiger partial charge in [-0.3, -0.25) is 9.48 Å². The van der Waals surface area contributed by atoms with Gasteiger partial charge in [-0.2, -0.15) is 5.10 Å². The number of benzene rings is 1. The quantitative estimate of drug-likeness (QED) is 0.892. The van der Waals surface area contributed by atoms with E-state index in [1.807, 2.05) is 19.2 Å². The molecule has 1 heterocycles. The Hall–Kier alpha value is -2.30. The molecule has 1 aromatic heterocycles. The van der Waals surface area contributed by atoms with E-state index in [-0.39, 0.29) is 11.9 Å². The summed E-state index contributed by atoms with van der Waals surface area (Å²) < 4.78 is 7.20. The van der Waals surface area contributed by atoms with Crippen molar-refractivity contribution in [2.45, 2.75) is 45.2 Å². The number of aromatic nitrogens is 2. The van der Waals surface area contributed by atoms with Crippen molar-refractivity contribution in [3.8, 4) is 5.75 Å². The van der Waals surface area contributed by atoms with Crippen LogP contribution in [-0.4, -0.2) is 22.8 Å². The maximum atomic E-state index is 12.5. The van der Waals surface area contributed by atoms with E-state index >= 15 is 0 Å². The third-order valence-electron chi connectivity index (χ3n) is 4.48. The van der Waals surface area contributed by atoms with Crippen LogP contribution in [0.3, 0.4) is 0 Å². The number of nitrogens with zero attached hydrogens (tertiary/aromatic N) is 2. The summed E-state index contributed by atoms with van der Waals surface area (Å²) in [4.78, 5) is 12.5. The Bertz CT molecular complexity index is 680. The number of hydrogen-bond donors (Lipinski definition) is 1. The number of fused-ring (bicyclic) bond motifs is 1. The van der Waals surface area contributed by atoms with E-state index in [4.69, 9.17) is 4.74 Å². The second kappa shape index (κ2) is 6.86. The molecule has 1 aliphatic carbocycles. The molecule has 5 nitrogen and oxygen atoms in total. The van der Waals surface area contributed by atoms with Crippen molar-refractivity contribution in [3.05, 3.63) is 47.3 Å². The SMILES string of the molecule is CC[C@@H](C(=O)NCc1cc2c(cc1OC)CCC2)n1cccn1. The lowest BCUT2D eigenvalue weighted by molar-refractivity contribution is -0.124. The average molecular weight is 313 g/mol. The summed E-state index contributed by atoms with van der Waals surface area (Å²) in [5, 5.41) is 7.20. The van der Waals surface area contributed by atoms with Gasteiger partial charge >= 0.3 is 0 Å². The number of methoxy groups -OCH3 is 1. The van der Waals surface area contributed by atoms with Gasteiger partial charge < -0.3 is 10.1 Å². The smallest absolute Gasteiger partial charge is 0.245 e. The van der Waals surface area contributed by atoms with E-state index < -0.39 is 0 Å². The summed E-state index contributed by atoms with van der Waals surface area (Å²) in [6.07, 6.45) is 7.66. The summed E-state index contributed by atoms with van der Waals surface area (Å²) in [6, 6.07) is 5.86. The summed E-state index contributed by atoms with van der Waals surface area (Å²) in [7, 11) is 1.68. The second-order valence-corrected chi connectivity index (χ2v) is 5.91. The highest BCUT2D eigenvalue weighted by Gasteiger charge is 2.20. The van der Waals surface area contributed by atoms with E-state index in [9.17, 15) is 4.79 Å². The molecule has 0 radical (unpaired) electrons. The molecule has 23 heavy (non-hydrogen) atoms. The number of amides is 1. The molecular weight excluding hydrogens is 290 g/mol. The Morgan fingerprint density at radius 2 is 2.17 bits per heavy atom. The van der Waals surface area contributed by atoms with Crippen LogP contribution in [0.25, 0.3) is 0 Å². The van der Waals surface area contributed by atoms with Crippen molar-refractivity contribution in [2.24, 2.45) is 0 Å². The van der Waals surface area contributed by atoms with Crippen LogP contribution in [0.5, 0.6) is 5.75 Å². The lowest BCUT2D eigenvalue weighted by Crippen LogP contribution is -2.32. The molecule has 1 N–H and O–H groups in total. The molecule has 0 fully saturated rings. The number of nitrogens with one attached hydrogen (secondary N) is 1. The first-order chi connectivity index (χ1) is 11.2. The second-order valence-electron chi connectivity index (χ2n) is 5.91. The highest BCUT2D eigenvalue weighted by molar-refractivity contribution is 5.80. The fourth-order valence-corrected chi connectivity index (χ4v) is 3.24. The van der Waals surface area contributed by atoms with Crippen molar-refractivity contribution < 1.29 is 9.53 Å². The molecule has 0 spiro atoms. The summed E-state index contributed by atoms with van der Waals surface area (Å²) in [5.41, 5.74) is 3.80. The standard InChI is InChI=1S/C18H23N3O2/c1-3-16(21-9-5-8-20-21)18(22)19-12-15-10-13-6-4-7-14(13)11-17(15)23-2/h5,8-11,16H,3-4,6-7,12H2,1-2H3,(H,19,22)/t16-/m0/s1. The Balaban J connectivity index is 1.71. The molecular formula is C18H23N3O2. The molecule has 1 amide bonds. The number of rotatable bonds is 6. The minimum atomic E-state index is -0.273. The third-order valence-corrected chi connectivity index (χ3v) is 4.48. The summed E-state index contributed by atoms with van der Waals surface area (Å²) >= 11 is 0. The number of carbonyl (C=O) groups is 1. The zero-order valence-corrected chi connectivity index (χ0v) is 13.7. The van der Waals surface area contributed by atoms with E-state index in [2.05, 4.69) is 22.5 Å². The van der Waals surface area contributed by atoms with Crippen LogP contribution in [0.4, 0.5) is 0 Å². The van der Waals surface area contributed by atoms with E-state index in [1.165, 1.54) is 17.5 Å². The monoisotopic (exact) mass is 313 g/mol. The third kappa shape index (κ3) is 3.23. The lowest BCUT2D eigenvalue weighted by atomic mass is 10.0. The van der Waals surface area contributed by atoms with Crippen molar-refractivity contribution in [1.82, 2.24) is 15.1 Å². The predicted octanol–water partition coefficient (Wildman–Crippen LogP) is 2.65. The Morgan fingerprint density at radius 1 is 1.39 bits per heavy atom. The highest BCUT2D eigenvalue weighted by atomic mass is 16.5. The first kappa shape index (κ1) is 15.6. The summed E-state index contributed by atoms with van der Waals surface area (Å²) in [6.45, 7) is 2.47. The molecule has 1 atom stereocenters. The molecule has 0 aliphatic heterocycles. The zero-order valence-electron chi connectivity index (χ0n) is 13.7. The van der Waals surface area contributed by atoms with Crippen LogP contribution in [-0.2, 0) is 24.2 Å². The number of ether oxygens (including phenoxy) is 1. The molecule has 0 bridgehead atoms. The number of aryl methyl sites for hydroxylation is 2. The Morgan fingerprint density at radius 3 is 2.83 bits per heavy atom. The first-order valence-corrected chi connectivity index (χ1v) is 8.18. The van der Waals surface area contributed by atoms with E-state index in [1.54, 1.807) is 18.0 Å². The Kier molecular flexibility index (Phi) is 4.65. The number of carbonyl (C=O) groups excluding carboxylic acids is 1. The number of hydrogen-bond acceptors (Lipinski definition) is 3. The molecule has 2 aromatic rings. The molecule has 122 valence electrons. The topological polar surface area (TPSA) is 56.1 Å². The van der Waals surface area contributed by atoms with Gasteiger partial charge in [-0.25, -0.2) is 0 Å². The normalized spacial score (nSPS) is 14.3. The van der Waals surface area contributed by atoms with Crippen molar-refractivity contribution in [1.29, 1.82) is 0 Å². The van der Waals surface area contributed by atoms with Gasteiger partial charge in [-0.15, -0.1) is 0 Å². The zero-order chi connectivity index (χ0) is 16.2. The van der Waals surface area contributed by atoms with Crippen LogP contribution in [0.2, 0.25) is 0 Å². The highest BCUT2D eigenvalue weighted by Crippen LogP contribution is 2.29. The fraction of sp³-hybridized carbons (Fsp3) is 0.444. The van der Waals surface area contributed by atoms with Crippen molar-refractivity contribution >= 4 is 5.91 Å². The summed E-state index contributed by atoms with van der Waals surface area (Å²) in [5.74, 6) is 0.844. The van der Waals surface area contributed by atoms with Crippen molar-refractivity contribution in [2.75, 3.05) is 7.11 Å². The van der Waals surface area contributed by atoms with Crippen molar-refractivity contribution in [3.63, 3.8) is 0 Å². The predicted molar refractivity (Wildman–Crippen MR) is 88.4 cm³/mol. The molecule has 3 rings (SSSR count). The maximum Gasteiger partial charge on any atom is 0.245 e. The molecule has 0 saturated carbocycles. The van der Waals surface area contributed by atoms with Gasteiger partial charge in [0.05, 0.1) is 7.11 Å². The van der Waals surface area contributed by atoms with E-state index in [0.29, 0.717) is 13.0 Å². The molecule has 1 aliphatic rings. The fourth-order valence-electron chi connectivity index (χ4n) is 3.24. The van der Waals surface area contributed by atoms with Crippen LogP contribution < -0.4 is 10.1 Å². The minimum Gasteiger partial charge on any atom is -0.496 e. The maximum absolute atomic E-state index is 12.5. The van der Waals surface area contributed by atoms with Gasteiger partial charge in [0.2, 0.25) is 5.91 Å². The van der Waals surface area contributed by atoms with Gasteiger partial charge in [0, 0.05) is 24.5 Å². The van der Waals surface area contributed by atoms with Crippen LogP contribution in [0.15, 0.2) is 30.6 Å². The Labute approximate surface area is 136 Å². The molecule has 0 saturated heterocycles. The first-order valence-electron chi connectivity index (χ1n) is 8.18. The van der Waals surface area contributed by atoms with Gasteiger partial charge in [0.25, 0.3) is 0 Å². The van der Waals surface area contributed by atoms with Gasteiger partial charge in [0.15, 0.2) is 0 Å². The largest absolute Gasteiger partial charge is 0.496 e. The lowest BCUT2D eigenvalue weighted by Gasteiger charge is -2.17.